The highest BCUT2D eigenvalue weighted by Gasteiger charge is 2.42. The molecule has 2 aromatic heterocycles. The van der Waals surface area contributed by atoms with Gasteiger partial charge in [-0.3, -0.25) is 19.5 Å². The van der Waals surface area contributed by atoms with Crippen LogP contribution in [0, 0.1) is 12.3 Å². The molecule has 0 bridgehead atoms. The number of hydrogen-bond donors (Lipinski definition) is 0. The number of piperidine rings is 1. The van der Waals surface area contributed by atoms with Gasteiger partial charge in [-0.1, -0.05) is 12.1 Å². The van der Waals surface area contributed by atoms with E-state index in [0.717, 1.165) is 60.3 Å². The van der Waals surface area contributed by atoms with Crippen molar-refractivity contribution in [3.05, 3.63) is 64.2 Å². The second-order valence-electron chi connectivity index (χ2n) is 10.1. The van der Waals surface area contributed by atoms with Crippen LogP contribution in [0.1, 0.15) is 43.9 Å². The second-order valence-corrected chi connectivity index (χ2v) is 10.1. The molecule has 0 radical (unpaired) electrons. The lowest BCUT2D eigenvalue weighted by Gasteiger charge is -2.40. The van der Waals surface area contributed by atoms with Crippen LogP contribution in [0.3, 0.4) is 0 Å². The molecule has 1 saturated heterocycles. The van der Waals surface area contributed by atoms with Gasteiger partial charge in [0.25, 0.3) is 5.56 Å². The molecular weight excluding hydrogens is 470 g/mol. The van der Waals surface area contributed by atoms with Gasteiger partial charge >= 0.3 is 5.97 Å². The van der Waals surface area contributed by atoms with Gasteiger partial charge < -0.3 is 18.8 Å². The van der Waals surface area contributed by atoms with Crippen molar-refractivity contribution in [1.82, 2.24) is 14.5 Å². The van der Waals surface area contributed by atoms with Crippen LogP contribution in [0.15, 0.2) is 47.4 Å². The van der Waals surface area contributed by atoms with Gasteiger partial charge in [-0.15, -0.1) is 0 Å². The van der Waals surface area contributed by atoms with Gasteiger partial charge in [0.15, 0.2) is 11.5 Å². The summed E-state index contributed by atoms with van der Waals surface area (Å²) in [7, 11) is 0. The molecule has 0 atom stereocenters. The van der Waals surface area contributed by atoms with Crippen molar-refractivity contribution < 1.29 is 19.0 Å². The van der Waals surface area contributed by atoms with E-state index in [2.05, 4.69) is 22.0 Å². The SMILES string of the molecule is CCOC(=O)C1(CCCn2c(=O)ccc3ccc(C)cc32)CCN(Cc2cc3c(cn2)OCCO3)CC1. The van der Waals surface area contributed by atoms with E-state index < -0.39 is 5.41 Å². The first kappa shape index (κ1) is 25.3. The van der Waals surface area contributed by atoms with Crippen LogP contribution < -0.4 is 15.0 Å². The Morgan fingerprint density at radius 3 is 2.62 bits per heavy atom. The van der Waals surface area contributed by atoms with E-state index in [0.29, 0.717) is 45.1 Å². The van der Waals surface area contributed by atoms with Crippen molar-refractivity contribution in [3.8, 4) is 11.5 Å². The Balaban J connectivity index is 1.25. The highest BCUT2D eigenvalue weighted by atomic mass is 16.6. The number of likely N-dealkylation sites (tertiary alicyclic amines) is 1. The van der Waals surface area contributed by atoms with Gasteiger partial charge in [0, 0.05) is 25.2 Å². The molecule has 0 N–H and O–H groups in total. The Hall–Kier alpha value is -3.39. The van der Waals surface area contributed by atoms with Crippen molar-refractivity contribution in [1.29, 1.82) is 0 Å². The summed E-state index contributed by atoms with van der Waals surface area (Å²) in [5.74, 6) is 1.32. The molecule has 5 rings (SSSR count). The average Bonchev–Trinajstić information content (AvgIpc) is 2.91. The van der Waals surface area contributed by atoms with Crippen molar-refractivity contribution in [2.75, 3.05) is 32.9 Å². The molecule has 37 heavy (non-hydrogen) atoms. The predicted molar refractivity (Wildman–Crippen MR) is 141 cm³/mol. The molecule has 0 unspecified atom stereocenters. The zero-order valence-electron chi connectivity index (χ0n) is 21.7. The number of carbonyl (C=O) groups is 1. The minimum atomic E-state index is -0.531. The Bertz CT molecular complexity index is 1330. The summed E-state index contributed by atoms with van der Waals surface area (Å²) in [5.41, 5.74) is 2.45. The normalized spacial score (nSPS) is 17.0. The number of nitrogens with zero attached hydrogens (tertiary/aromatic N) is 3. The van der Waals surface area contributed by atoms with Crippen LogP contribution in [0.4, 0.5) is 0 Å². The first-order chi connectivity index (χ1) is 18.0. The molecule has 8 heteroatoms. The summed E-state index contributed by atoms with van der Waals surface area (Å²) in [6, 6.07) is 11.6. The largest absolute Gasteiger partial charge is 0.486 e. The highest BCUT2D eigenvalue weighted by Crippen LogP contribution is 2.38. The quantitative estimate of drug-likeness (QED) is 0.426. The van der Waals surface area contributed by atoms with E-state index in [1.165, 1.54) is 0 Å². The molecule has 4 heterocycles. The number of pyridine rings is 2. The first-order valence-corrected chi connectivity index (χ1v) is 13.2. The van der Waals surface area contributed by atoms with Crippen LogP contribution in [0.2, 0.25) is 0 Å². The molecule has 1 fully saturated rings. The maximum atomic E-state index is 13.2. The number of carbonyl (C=O) groups excluding carboxylic acids is 1. The molecule has 2 aliphatic rings. The van der Waals surface area contributed by atoms with Crippen molar-refractivity contribution in [3.63, 3.8) is 0 Å². The molecular formula is C29H35N3O5. The number of ether oxygens (including phenoxy) is 3. The number of esters is 1. The number of benzene rings is 1. The average molecular weight is 506 g/mol. The zero-order valence-corrected chi connectivity index (χ0v) is 21.7. The lowest BCUT2D eigenvalue weighted by molar-refractivity contribution is -0.159. The van der Waals surface area contributed by atoms with Gasteiger partial charge in [-0.05, 0) is 75.7 Å². The first-order valence-electron chi connectivity index (χ1n) is 13.2. The maximum Gasteiger partial charge on any atom is 0.312 e. The molecule has 0 amide bonds. The van der Waals surface area contributed by atoms with Crippen LogP contribution in [0.25, 0.3) is 10.9 Å². The number of fused-ring (bicyclic) bond motifs is 2. The zero-order chi connectivity index (χ0) is 25.8. The van der Waals surface area contributed by atoms with Crippen molar-refractivity contribution in [2.45, 2.75) is 52.6 Å². The number of rotatable bonds is 8. The second kappa shape index (κ2) is 10.9. The summed E-state index contributed by atoms with van der Waals surface area (Å²) in [6.45, 7) is 8.18. The summed E-state index contributed by atoms with van der Waals surface area (Å²) in [5, 5.41) is 1.05. The Labute approximate surface area is 217 Å². The number of aromatic nitrogens is 2. The Morgan fingerprint density at radius 1 is 1.08 bits per heavy atom. The minimum absolute atomic E-state index is 0.00923. The van der Waals surface area contributed by atoms with Crippen molar-refractivity contribution >= 4 is 16.9 Å². The van der Waals surface area contributed by atoms with E-state index >= 15 is 0 Å². The maximum absolute atomic E-state index is 13.2. The van der Waals surface area contributed by atoms with E-state index in [4.69, 9.17) is 14.2 Å². The molecule has 0 saturated carbocycles. The van der Waals surface area contributed by atoms with Gasteiger partial charge in [0.05, 0.1) is 29.4 Å². The van der Waals surface area contributed by atoms with Gasteiger partial charge in [0.2, 0.25) is 0 Å². The van der Waals surface area contributed by atoms with Crippen LogP contribution in [-0.2, 0) is 22.6 Å². The molecule has 2 aliphatic heterocycles. The lowest BCUT2D eigenvalue weighted by Crippen LogP contribution is -2.45. The number of aryl methyl sites for hydroxylation is 2. The fourth-order valence-corrected chi connectivity index (χ4v) is 5.49. The third-order valence-corrected chi connectivity index (χ3v) is 7.58. The lowest BCUT2D eigenvalue weighted by atomic mass is 9.74. The fraction of sp³-hybridized carbons (Fsp3) is 0.483. The molecule has 0 aliphatic carbocycles. The van der Waals surface area contributed by atoms with Gasteiger partial charge in [-0.2, -0.15) is 0 Å². The van der Waals surface area contributed by atoms with E-state index in [-0.39, 0.29) is 11.5 Å². The predicted octanol–water partition coefficient (Wildman–Crippen LogP) is 4.10. The van der Waals surface area contributed by atoms with E-state index in [1.54, 1.807) is 12.3 Å². The van der Waals surface area contributed by atoms with Crippen LogP contribution in [0.5, 0.6) is 11.5 Å². The van der Waals surface area contributed by atoms with Crippen molar-refractivity contribution in [2.24, 2.45) is 5.41 Å². The topological polar surface area (TPSA) is 82.9 Å². The van der Waals surface area contributed by atoms with Gasteiger partial charge in [0.1, 0.15) is 13.2 Å². The minimum Gasteiger partial charge on any atom is -0.486 e. The molecule has 1 aromatic carbocycles. The molecule has 196 valence electrons. The highest BCUT2D eigenvalue weighted by molar-refractivity contribution is 5.79. The summed E-state index contributed by atoms with van der Waals surface area (Å²) in [6.07, 6.45) is 4.60. The smallest absolute Gasteiger partial charge is 0.312 e. The molecule has 3 aromatic rings. The fourth-order valence-electron chi connectivity index (χ4n) is 5.49. The Morgan fingerprint density at radius 2 is 1.84 bits per heavy atom. The Kier molecular flexibility index (Phi) is 7.46. The molecule has 8 nitrogen and oxygen atoms in total. The van der Waals surface area contributed by atoms with Crippen LogP contribution >= 0.6 is 0 Å². The summed E-state index contributed by atoms with van der Waals surface area (Å²) in [4.78, 5) is 32.7. The van der Waals surface area contributed by atoms with Gasteiger partial charge in [-0.25, -0.2) is 0 Å². The summed E-state index contributed by atoms with van der Waals surface area (Å²) < 4.78 is 18.7. The third-order valence-electron chi connectivity index (χ3n) is 7.58. The monoisotopic (exact) mass is 505 g/mol. The standard InChI is InChI=1S/C29H35N3O5/c1-3-35-28(34)29(9-4-12-32-24-17-21(2)5-6-22(24)7-8-27(32)33)10-13-31(14-11-29)20-23-18-25-26(19-30-23)37-16-15-36-25/h5-8,17-19H,3-4,9-16,20H2,1-2H3. The van der Waals surface area contributed by atoms with E-state index in [9.17, 15) is 9.59 Å². The van der Waals surface area contributed by atoms with E-state index in [1.807, 2.05) is 36.6 Å². The summed E-state index contributed by atoms with van der Waals surface area (Å²) >= 11 is 0. The third kappa shape index (κ3) is 5.49. The molecule has 0 spiro atoms. The van der Waals surface area contributed by atoms with Crippen LogP contribution in [-0.4, -0.2) is 53.3 Å². The number of hydrogen-bond acceptors (Lipinski definition) is 7.